The van der Waals surface area contributed by atoms with Crippen molar-refractivity contribution >= 4 is 0 Å². The van der Waals surface area contributed by atoms with Gasteiger partial charge < -0.3 is 0 Å². The van der Waals surface area contributed by atoms with Crippen LogP contribution in [0.2, 0.25) is 0 Å². The Morgan fingerprint density at radius 3 is 2.46 bits per heavy atom. The second-order valence-corrected chi connectivity index (χ2v) is 3.67. The van der Waals surface area contributed by atoms with Gasteiger partial charge in [-0.25, -0.2) is 0 Å². The SMILES string of the molecule is CC1(n2cc(C(F)(F)F)cn2)CC1. The van der Waals surface area contributed by atoms with Gasteiger partial charge in [-0.3, -0.25) is 4.68 Å². The van der Waals surface area contributed by atoms with E-state index in [0.29, 0.717) is 0 Å². The fraction of sp³-hybridized carbons (Fsp3) is 0.625. The van der Waals surface area contributed by atoms with Gasteiger partial charge in [0, 0.05) is 6.20 Å². The van der Waals surface area contributed by atoms with Crippen LogP contribution in [-0.4, -0.2) is 9.78 Å². The summed E-state index contributed by atoms with van der Waals surface area (Å²) in [4.78, 5) is 0. The zero-order valence-corrected chi connectivity index (χ0v) is 7.10. The lowest BCUT2D eigenvalue weighted by molar-refractivity contribution is -0.137. The summed E-state index contributed by atoms with van der Waals surface area (Å²) < 4.78 is 37.9. The monoisotopic (exact) mass is 190 g/mol. The van der Waals surface area contributed by atoms with Crippen molar-refractivity contribution in [1.82, 2.24) is 9.78 Å². The molecule has 1 aromatic rings. The lowest BCUT2D eigenvalue weighted by Crippen LogP contribution is -2.12. The lowest BCUT2D eigenvalue weighted by atomic mass is 10.3. The van der Waals surface area contributed by atoms with E-state index in [1.807, 2.05) is 6.92 Å². The quantitative estimate of drug-likeness (QED) is 0.664. The summed E-state index contributed by atoms with van der Waals surface area (Å²) >= 11 is 0. The van der Waals surface area contributed by atoms with Gasteiger partial charge in [-0.1, -0.05) is 0 Å². The lowest BCUT2D eigenvalue weighted by Gasteiger charge is -2.07. The number of hydrogen-bond donors (Lipinski definition) is 0. The minimum atomic E-state index is -4.27. The highest BCUT2D eigenvalue weighted by Gasteiger charge is 2.42. The first-order valence-electron chi connectivity index (χ1n) is 4.04. The van der Waals surface area contributed by atoms with Crippen LogP contribution in [0.3, 0.4) is 0 Å². The Morgan fingerprint density at radius 1 is 1.46 bits per heavy atom. The zero-order chi connectivity index (χ0) is 9.69. The molecule has 0 aromatic carbocycles. The van der Waals surface area contributed by atoms with Crippen molar-refractivity contribution in [1.29, 1.82) is 0 Å². The van der Waals surface area contributed by atoms with E-state index in [-0.39, 0.29) is 5.54 Å². The van der Waals surface area contributed by atoms with E-state index in [4.69, 9.17) is 0 Å². The van der Waals surface area contributed by atoms with E-state index in [2.05, 4.69) is 5.10 Å². The molecule has 1 aliphatic carbocycles. The molecule has 1 fully saturated rings. The highest BCUT2D eigenvalue weighted by Crippen LogP contribution is 2.43. The molecular formula is C8H9F3N2. The minimum absolute atomic E-state index is 0.163. The molecular weight excluding hydrogens is 181 g/mol. The second-order valence-electron chi connectivity index (χ2n) is 3.67. The van der Waals surface area contributed by atoms with Crippen molar-refractivity contribution in [2.45, 2.75) is 31.5 Å². The van der Waals surface area contributed by atoms with E-state index in [9.17, 15) is 13.2 Å². The number of nitrogens with zero attached hydrogens (tertiary/aromatic N) is 2. The summed E-state index contributed by atoms with van der Waals surface area (Å²) in [7, 11) is 0. The normalized spacial score (nSPS) is 20.3. The van der Waals surface area contributed by atoms with Gasteiger partial charge in [0.15, 0.2) is 0 Å². The molecule has 0 amide bonds. The Labute approximate surface area is 73.4 Å². The highest BCUT2D eigenvalue weighted by molar-refractivity contribution is 5.11. The van der Waals surface area contributed by atoms with Crippen LogP contribution in [0, 0.1) is 0 Å². The van der Waals surface area contributed by atoms with Crippen LogP contribution >= 0.6 is 0 Å². The fourth-order valence-corrected chi connectivity index (χ4v) is 1.17. The first-order valence-corrected chi connectivity index (χ1v) is 4.04. The standard InChI is InChI=1S/C8H9F3N2/c1-7(2-3-7)13-5-6(4-12-13)8(9,10)11/h4-5H,2-3H2,1H3. The fourth-order valence-electron chi connectivity index (χ4n) is 1.17. The molecule has 0 radical (unpaired) electrons. The van der Waals surface area contributed by atoms with Gasteiger partial charge in [-0.05, 0) is 19.8 Å². The van der Waals surface area contributed by atoms with Crippen LogP contribution in [0.15, 0.2) is 12.4 Å². The number of hydrogen-bond acceptors (Lipinski definition) is 1. The Hall–Kier alpha value is -1.00. The van der Waals surface area contributed by atoms with E-state index in [1.54, 1.807) is 0 Å². The average Bonchev–Trinajstić information content (AvgIpc) is 2.60. The van der Waals surface area contributed by atoms with Gasteiger partial charge in [-0.15, -0.1) is 0 Å². The molecule has 72 valence electrons. The molecule has 2 nitrogen and oxygen atoms in total. The van der Waals surface area contributed by atoms with Crippen molar-refractivity contribution in [3.8, 4) is 0 Å². The van der Waals surface area contributed by atoms with Crippen LogP contribution in [0.5, 0.6) is 0 Å². The summed E-state index contributed by atoms with van der Waals surface area (Å²) in [6.07, 6.45) is -0.502. The Balaban J connectivity index is 2.29. The van der Waals surface area contributed by atoms with Crippen molar-refractivity contribution in [3.63, 3.8) is 0 Å². The molecule has 1 saturated carbocycles. The molecule has 0 saturated heterocycles. The van der Waals surface area contributed by atoms with Gasteiger partial charge >= 0.3 is 6.18 Å². The van der Waals surface area contributed by atoms with E-state index < -0.39 is 11.7 Å². The zero-order valence-electron chi connectivity index (χ0n) is 7.10. The van der Waals surface area contributed by atoms with Gasteiger partial charge in [0.25, 0.3) is 0 Å². The number of rotatable bonds is 1. The molecule has 1 aromatic heterocycles. The summed E-state index contributed by atoms with van der Waals surface area (Å²) in [5.74, 6) is 0. The molecule has 0 unspecified atom stereocenters. The molecule has 0 aliphatic heterocycles. The molecule has 0 N–H and O–H groups in total. The summed E-state index contributed by atoms with van der Waals surface area (Å²) in [5, 5.41) is 3.71. The molecule has 0 atom stereocenters. The van der Waals surface area contributed by atoms with Crippen molar-refractivity contribution in [2.24, 2.45) is 0 Å². The van der Waals surface area contributed by atoms with Crippen molar-refractivity contribution in [3.05, 3.63) is 18.0 Å². The third-order valence-corrected chi connectivity index (χ3v) is 2.44. The third kappa shape index (κ3) is 1.43. The van der Waals surface area contributed by atoms with E-state index in [0.717, 1.165) is 25.2 Å². The number of alkyl halides is 3. The van der Waals surface area contributed by atoms with E-state index >= 15 is 0 Å². The van der Waals surface area contributed by atoms with Crippen molar-refractivity contribution in [2.75, 3.05) is 0 Å². The molecule has 13 heavy (non-hydrogen) atoms. The maximum absolute atomic E-state index is 12.2. The number of aromatic nitrogens is 2. The average molecular weight is 190 g/mol. The minimum Gasteiger partial charge on any atom is -0.266 e. The van der Waals surface area contributed by atoms with Crippen LogP contribution in [0.4, 0.5) is 13.2 Å². The molecule has 0 spiro atoms. The van der Waals surface area contributed by atoms with Crippen LogP contribution in [-0.2, 0) is 11.7 Å². The molecule has 0 bridgehead atoms. The van der Waals surface area contributed by atoms with Crippen LogP contribution in [0.25, 0.3) is 0 Å². The van der Waals surface area contributed by atoms with Crippen molar-refractivity contribution < 1.29 is 13.2 Å². The Morgan fingerprint density at radius 2 is 2.08 bits per heavy atom. The topological polar surface area (TPSA) is 17.8 Å². The first kappa shape index (κ1) is 8.59. The van der Waals surface area contributed by atoms with Gasteiger partial charge in [0.05, 0.1) is 17.3 Å². The highest BCUT2D eigenvalue weighted by atomic mass is 19.4. The predicted octanol–water partition coefficient (Wildman–Crippen LogP) is 2.41. The predicted molar refractivity (Wildman–Crippen MR) is 40.1 cm³/mol. The molecule has 5 heteroatoms. The maximum Gasteiger partial charge on any atom is 0.419 e. The van der Waals surface area contributed by atoms with Gasteiger partial charge in [0.1, 0.15) is 0 Å². The smallest absolute Gasteiger partial charge is 0.266 e. The molecule has 1 heterocycles. The summed E-state index contributed by atoms with van der Waals surface area (Å²) in [6.45, 7) is 1.90. The molecule has 1 aliphatic rings. The Bertz CT molecular complexity index is 303. The largest absolute Gasteiger partial charge is 0.419 e. The first-order chi connectivity index (χ1) is 5.92. The van der Waals surface area contributed by atoms with Gasteiger partial charge in [-0.2, -0.15) is 18.3 Å². The molecule has 2 rings (SSSR count). The van der Waals surface area contributed by atoms with Crippen LogP contribution in [0.1, 0.15) is 25.3 Å². The van der Waals surface area contributed by atoms with E-state index in [1.165, 1.54) is 4.68 Å². The third-order valence-electron chi connectivity index (χ3n) is 2.44. The second kappa shape index (κ2) is 2.27. The maximum atomic E-state index is 12.2. The summed E-state index contributed by atoms with van der Waals surface area (Å²) in [5.41, 5.74) is -0.829. The van der Waals surface area contributed by atoms with Gasteiger partial charge in [0.2, 0.25) is 0 Å². The Kier molecular flexibility index (Phi) is 1.50. The summed E-state index contributed by atoms with van der Waals surface area (Å²) in [6, 6.07) is 0. The van der Waals surface area contributed by atoms with Crippen LogP contribution < -0.4 is 0 Å². The number of halogens is 3.